The van der Waals surface area contributed by atoms with Crippen LogP contribution in [0.5, 0.6) is 11.5 Å². The SMILES string of the molecule is CCN(C(=O)COC(=O)/C=C/c1ccc(OC)c(OC)c1)C1CCCCC1. The second kappa shape index (κ2) is 10.6. The molecule has 2 rings (SSSR count). The predicted octanol–water partition coefficient (Wildman–Crippen LogP) is 3.44. The van der Waals surface area contributed by atoms with Gasteiger partial charge in [-0.1, -0.05) is 25.3 Å². The number of carbonyl (C=O) groups is 2. The molecule has 1 saturated carbocycles. The molecule has 6 heteroatoms. The highest BCUT2D eigenvalue weighted by Gasteiger charge is 2.24. The number of nitrogens with zero attached hydrogens (tertiary/aromatic N) is 1. The second-order valence-electron chi connectivity index (χ2n) is 6.53. The Morgan fingerprint density at radius 3 is 2.44 bits per heavy atom. The third kappa shape index (κ3) is 6.01. The number of rotatable bonds is 8. The standard InChI is InChI=1S/C21H29NO5/c1-4-22(17-8-6-5-7-9-17)20(23)15-27-21(24)13-11-16-10-12-18(25-2)19(14-16)26-3/h10-14,17H,4-9,15H2,1-3H3/b13-11+. The van der Waals surface area contributed by atoms with Gasteiger partial charge in [-0.2, -0.15) is 0 Å². The number of esters is 1. The van der Waals surface area contributed by atoms with E-state index in [9.17, 15) is 9.59 Å². The molecule has 0 aromatic heterocycles. The van der Waals surface area contributed by atoms with Crippen LogP contribution in [0, 0.1) is 0 Å². The third-order valence-electron chi connectivity index (χ3n) is 4.83. The van der Waals surface area contributed by atoms with Crippen LogP contribution in [0.1, 0.15) is 44.6 Å². The fourth-order valence-electron chi connectivity index (χ4n) is 3.42. The van der Waals surface area contributed by atoms with Gasteiger partial charge in [0.2, 0.25) is 0 Å². The largest absolute Gasteiger partial charge is 0.493 e. The Balaban J connectivity index is 1.87. The van der Waals surface area contributed by atoms with Crippen molar-refractivity contribution < 1.29 is 23.8 Å². The van der Waals surface area contributed by atoms with Gasteiger partial charge in [0.15, 0.2) is 18.1 Å². The van der Waals surface area contributed by atoms with E-state index < -0.39 is 5.97 Å². The number of ether oxygens (including phenoxy) is 3. The summed E-state index contributed by atoms with van der Waals surface area (Å²) in [6, 6.07) is 5.60. The summed E-state index contributed by atoms with van der Waals surface area (Å²) in [5.74, 6) is 0.523. The minimum Gasteiger partial charge on any atom is -0.493 e. The maximum absolute atomic E-state index is 12.4. The van der Waals surface area contributed by atoms with Gasteiger partial charge in [0.25, 0.3) is 5.91 Å². The molecular weight excluding hydrogens is 346 g/mol. The molecule has 1 aliphatic rings. The van der Waals surface area contributed by atoms with Crippen LogP contribution in [-0.4, -0.2) is 50.2 Å². The maximum Gasteiger partial charge on any atom is 0.331 e. The zero-order valence-corrected chi connectivity index (χ0v) is 16.4. The van der Waals surface area contributed by atoms with E-state index in [0.717, 1.165) is 31.2 Å². The number of benzene rings is 1. The smallest absolute Gasteiger partial charge is 0.331 e. The van der Waals surface area contributed by atoms with E-state index in [-0.39, 0.29) is 18.6 Å². The van der Waals surface area contributed by atoms with Gasteiger partial charge in [-0.25, -0.2) is 4.79 Å². The van der Waals surface area contributed by atoms with Gasteiger partial charge >= 0.3 is 5.97 Å². The monoisotopic (exact) mass is 375 g/mol. The average molecular weight is 375 g/mol. The molecule has 0 N–H and O–H groups in total. The predicted molar refractivity (Wildman–Crippen MR) is 104 cm³/mol. The molecule has 27 heavy (non-hydrogen) atoms. The minimum atomic E-state index is -0.544. The van der Waals surface area contributed by atoms with Crippen LogP contribution >= 0.6 is 0 Å². The number of amides is 1. The molecule has 0 atom stereocenters. The van der Waals surface area contributed by atoms with Crippen molar-refractivity contribution in [2.75, 3.05) is 27.4 Å². The number of carbonyl (C=O) groups excluding carboxylic acids is 2. The van der Waals surface area contributed by atoms with E-state index in [4.69, 9.17) is 14.2 Å². The zero-order chi connectivity index (χ0) is 19.6. The number of likely N-dealkylation sites (N-methyl/N-ethyl adjacent to an activating group) is 1. The summed E-state index contributed by atoms with van der Waals surface area (Å²) in [5, 5.41) is 0. The van der Waals surface area contributed by atoms with Crippen molar-refractivity contribution in [2.24, 2.45) is 0 Å². The lowest BCUT2D eigenvalue weighted by atomic mass is 9.94. The van der Waals surface area contributed by atoms with Crippen molar-refractivity contribution in [3.63, 3.8) is 0 Å². The van der Waals surface area contributed by atoms with Crippen LogP contribution in [0.2, 0.25) is 0 Å². The third-order valence-corrected chi connectivity index (χ3v) is 4.83. The van der Waals surface area contributed by atoms with Crippen molar-refractivity contribution in [1.82, 2.24) is 4.90 Å². The van der Waals surface area contributed by atoms with Gasteiger partial charge in [0.05, 0.1) is 14.2 Å². The van der Waals surface area contributed by atoms with Gasteiger partial charge in [-0.3, -0.25) is 4.79 Å². The Kier molecular flexibility index (Phi) is 8.17. The molecule has 1 aromatic carbocycles. The maximum atomic E-state index is 12.4. The lowest BCUT2D eigenvalue weighted by Gasteiger charge is -2.33. The second-order valence-corrected chi connectivity index (χ2v) is 6.53. The van der Waals surface area contributed by atoms with Gasteiger partial charge in [0.1, 0.15) is 0 Å². The summed E-state index contributed by atoms with van der Waals surface area (Å²) in [6.07, 6.45) is 8.54. The molecule has 0 radical (unpaired) electrons. The molecule has 6 nitrogen and oxygen atoms in total. The normalized spacial score (nSPS) is 14.8. The highest BCUT2D eigenvalue weighted by molar-refractivity contribution is 5.89. The van der Waals surface area contributed by atoms with E-state index in [1.807, 2.05) is 11.8 Å². The average Bonchev–Trinajstić information content (AvgIpc) is 2.71. The summed E-state index contributed by atoms with van der Waals surface area (Å²) >= 11 is 0. The summed E-state index contributed by atoms with van der Waals surface area (Å²) in [4.78, 5) is 26.2. The summed E-state index contributed by atoms with van der Waals surface area (Å²) < 4.78 is 15.5. The van der Waals surface area contributed by atoms with Crippen LogP contribution in [0.3, 0.4) is 0 Å². The molecule has 0 spiro atoms. The Morgan fingerprint density at radius 1 is 1.11 bits per heavy atom. The van der Waals surface area contributed by atoms with E-state index in [1.165, 1.54) is 12.5 Å². The molecule has 1 fully saturated rings. The fourth-order valence-corrected chi connectivity index (χ4v) is 3.42. The van der Waals surface area contributed by atoms with Crippen molar-refractivity contribution >= 4 is 18.0 Å². The first-order valence-electron chi connectivity index (χ1n) is 9.45. The molecule has 1 amide bonds. The van der Waals surface area contributed by atoms with Crippen LogP contribution in [-0.2, 0) is 14.3 Å². The Morgan fingerprint density at radius 2 is 1.81 bits per heavy atom. The van der Waals surface area contributed by atoms with E-state index in [1.54, 1.807) is 38.5 Å². The van der Waals surface area contributed by atoms with Crippen LogP contribution in [0.25, 0.3) is 6.08 Å². The van der Waals surface area contributed by atoms with Crippen LogP contribution in [0.15, 0.2) is 24.3 Å². The van der Waals surface area contributed by atoms with Crippen molar-refractivity contribution in [3.05, 3.63) is 29.8 Å². The lowest BCUT2D eigenvalue weighted by Crippen LogP contribution is -2.43. The van der Waals surface area contributed by atoms with Gasteiger partial charge in [0, 0.05) is 18.7 Å². The van der Waals surface area contributed by atoms with Crippen LogP contribution in [0.4, 0.5) is 0 Å². The molecule has 1 aliphatic carbocycles. The zero-order valence-electron chi connectivity index (χ0n) is 16.4. The van der Waals surface area contributed by atoms with Crippen LogP contribution < -0.4 is 9.47 Å². The molecule has 148 valence electrons. The first-order valence-corrected chi connectivity index (χ1v) is 9.45. The van der Waals surface area contributed by atoms with E-state index in [0.29, 0.717) is 18.0 Å². The van der Waals surface area contributed by atoms with Crippen molar-refractivity contribution in [2.45, 2.75) is 45.1 Å². The number of methoxy groups -OCH3 is 2. The van der Waals surface area contributed by atoms with Gasteiger partial charge < -0.3 is 19.1 Å². The first kappa shape index (κ1) is 20.8. The van der Waals surface area contributed by atoms with Crippen molar-refractivity contribution in [3.8, 4) is 11.5 Å². The molecule has 0 aliphatic heterocycles. The van der Waals surface area contributed by atoms with Gasteiger partial charge in [-0.15, -0.1) is 0 Å². The molecule has 0 bridgehead atoms. The molecule has 0 unspecified atom stereocenters. The highest BCUT2D eigenvalue weighted by atomic mass is 16.5. The van der Waals surface area contributed by atoms with Gasteiger partial charge in [-0.05, 0) is 43.5 Å². The quantitative estimate of drug-likeness (QED) is 0.514. The topological polar surface area (TPSA) is 65.1 Å². The molecule has 1 aromatic rings. The lowest BCUT2D eigenvalue weighted by molar-refractivity contribution is -0.149. The minimum absolute atomic E-state index is 0.128. The Bertz CT molecular complexity index is 665. The number of hydrogen-bond donors (Lipinski definition) is 0. The Labute approximate surface area is 161 Å². The summed E-state index contributed by atoms with van der Waals surface area (Å²) in [7, 11) is 3.12. The molecule has 0 saturated heterocycles. The Hall–Kier alpha value is -2.50. The number of hydrogen-bond acceptors (Lipinski definition) is 5. The summed E-state index contributed by atoms with van der Waals surface area (Å²) in [6.45, 7) is 2.38. The molecular formula is C21H29NO5. The van der Waals surface area contributed by atoms with Crippen molar-refractivity contribution in [1.29, 1.82) is 0 Å². The summed E-state index contributed by atoms with van der Waals surface area (Å²) in [5.41, 5.74) is 0.772. The first-order chi connectivity index (χ1) is 13.1. The van der Waals surface area contributed by atoms with E-state index in [2.05, 4.69) is 0 Å². The molecule has 0 heterocycles. The fraction of sp³-hybridized carbons (Fsp3) is 0.524. The van der Waals surface area contributed by atoms with E-state index >= 15 is 0 Å². The highest BCUT2D eigenvalue weighted by Crippen LogP contribution is 2.28.